The lowest BCUT2D eigenvalue weighted by molar-refractivity contribution is 0.0690. The topological polar surface area (TPSA) is 50.2 Å². The summed E-state index contributed by atoms with van der Waals surface area (Å²) in [5.41, 5.74) is 4.09. The number of fused-ring (bicyclic) bond motifs is 1. The van der Waals surface area contributed by atoms with E-state index in [1.807, 2.05) is 34.8 Å². The van der Waals surface area contributed by atoms with E-state index in [-0.39, 0.29) is 18.3 Å². The van der Waals surface area contributed by atoms with Crippen molar-refractivity contribution in [3.63, 3.8) is 0 Å². The number of likely N-dealkylation sites (N-methyl/N-ethyl adjacent to an activating group) is 1. The first-order chi connectivity index (χ1) is 11.8. The minimum absolute atomic E-state index is 0. The van der Waals surface area contributed by atoms with Gasteiger partial charge in [0.25, 0.3) is 5.91 Å². The Bertz CT molecular complexity index is 743. The molecule has 1 aromatic carbocycles. The number of carbonyl (C=O) groups is 1. The Kier molecular flexibility index (Phi) is 5.45. The molecule has 1 aliphatic carbocycles. The Labute approximate surface area is 154 Å². The highest BCUT2D eigenvalue weighted by molar-refractivity contribution is 5.94. The van der Waals surface area contributed by atoms with Gasteiger partial charge in [-0.1, -0.05) is 18.2 Å². The lowest BCUT2D eigenvalue weighted by atomic mass is 10.0. The molecule has 0 radical (unpaired) electrons. The third kappa shape index (κ3) is 3.31. The second kappa shape index (κ2) is 7.58. The number of nitrogens with zero attached hydrogens (tertiary/aromatic N) is 3. The third-order valence-electron chi connectivity index (χ3n) is 5.25. The molecular weight excluding hydrogens is 336 g/mol. The molecule has 2 aromatic rings. The van der Waals surface area contributed by atoms with E-state index in [0.717, 1.165) is 56.4 Å². The Morgan fingerprint density at radius 2 is 2.00 bits per heavy atom. The summed E-state index contributed by atoms with van der Waals surface area (Å²) in [6.45, 7) is 1.62. The van der Waals surface area contributed by atoms with Gasteiger partial charge in [-0.2, -0.15) is 5.10 Å². The summed E-state index contributed by atoms with van der Waals surface area (Å²) in [5, 5.41) is 8.04. The highest BCUT2D eigenvalue weighted by atomic mass is 35.5. The molecule has 1 atom stereocenters. The van der Waals surface area contributed by atoms with E-state index < -0.39 is 0 Å². The minimum Gasteiger partial charge on any atom is -0.336 e. The van der Waals surface area contributed by atoms with Crippen LogP contribution in [0.4, 0.5) is 0 Å². The number of piperidine rings is 1. The van der Waals surface area contributed by atoms with E-state index in [1.165, 1.54) is 5.69 Å². The Balaban J connectivity index is 0.00000182. The number of nitrogens with one attached hydrogen (secondary N) is 1. The molecule has 4 rings (SSSR count). The maximum absolute atomic E-state index is 13.1. The fourth-order valence-corrected chi connectivity index (χ4v) is 3.94. The van der Waals surface area contributed by atoms with Gasteiger partial charge >= 0.3 is 0 Å². The van der Waals surface area contributed by atoms with Gasteiger partial charge in [0.15, 0.2) is 5.69 Å². The highest BCUT2D eigenvalue weighted by Gasteiger charge is 2.31. The first-order valence-electron chi connectivity index (χ1n) is 8.90. The van der Waals surface area contributed by atoms with E-state index in [2.05, 4.69) is 17.4 Å². The van der Waals surface area contributed by atoms with Crippen molar-refractivity contribution in [1.82, 2.24) is 20.0 Å². The Morgan fingerprint density at radius 1 is 1.20 bits per heavy atom. The molecule has 1 fully saturated rings. The quantitative estimate of drug-likeness (QED) is 0.915. The number of halogens is 1. The maximum atomic E-state index is 13.1. The normalized spacial score (nSPS) is 19.4. The molecule has 134 valence electrons. The summed E-state index contributed by atoms with van der Waals surface area (Å²) in [6, 6.07) is 10.5. The number of aromatic nitrogens is 2. The van der Waals surface area contributed by atoms with Crippen LogP contribution in [-0.2, 0) is 12.8 Å². The first-order valence-corrected chi connectivity index (χ1v) is 8.90. The molecule has 5 nitrogen and oxygen atoms in total. The number of amides is 1. The summed E-state index contributed by atoms with van der Waals surface area (Å²) in [7, 11) is 1.97. The predicted octanol–water partition coefficient (Wildman–Crippen LogP) is 2.61. The molecule has 0 bridgehead atoms. The molecule has 0 spiro atoms. The van der Waals surface area contributed by atoms with Crippen molar-refractivity contribution >= 4 is 18.3 Å². The summed E-state index contributed by atoms with van der Waals surface area (Å²) in [5.74, 6) is 0.0998. The van der Waals surface area contributed by atoms with Crippen molar-refractivity contribution in [2.24, 2.45) is 0 Å². The fourth-order valence-electron chi connectivity index (χ4n) is 3.94. The second-order valence-electron chi connectivity index (χ2n) is 6.75. The Hall–Kier alpha value is -1.85. The summed E-state index contributed by atoms with van der Waals surface area (Å²) >= 11 is 0. The molecule has 2 heterocycles. The average Bonchev–Trinajstić information content (AvgIpc) is 3.24. The molecule has 1 saturated heterocycles. The zero-order chi connectivity index (χ0) is 16.5. The van der Waals surface area contributed by atoms with Crippen LogP contribution in [0.1, 0.15) is 41.0 Å². The fraction of sp³-hybridized carbons (Fsp3) is 0.474. The lowest BCUT2D eigenvalue weighted by Gasteiger charge is -2.32. The van der Waals surface area contributed by atoms with Gasteiger partial charge in [-0.05, 0) is 51.3 Å². The number of rotatable bonds is 3. The monoisotopic (exact) mass is 360 g/mol. The van der Waals surface area contributed by atoms with Crippen molar-refractivity contribution in [2.75, 3.05) is 20.1 Å². The van der Waals surface area contributed by atoms with Crippen LogP contribution < -0.4 is 5.32 Å². The van der Waals surface area contributed by atoms with Gasteiger partial charge in [-0.15, -0.1) is 12.4 Å². The number of benzene rings is 1. The van der Waals surface area contributed by atoms with Crippen molar-refractivity contribution in [3.8, 4) is 5.69 Å². The summed E-state index contributed by atoms with van der Waals surface area (Å²) in [6.07, 6.45) is 5.27. The molecule has 1 aromatic heterocycles. The van der Waals surface area contributed by atoms with Gasteiger partial charge in [0.1, 0.15) is 0 Å². The van der Waals surface area contributed by atoms with E-state index in [0.29, 0.717) is 11.7 Å². The smallest absolute Gasteiger partial charge is 0.274 e. The van der Waals surface area contributed by atoms with Crippen molar-refractivity contribution in [1.29, 1.82) is 0 Å². The SMILES string of the molecule is CNC1CCCN(C(=O)c2nn(-c3ccccc3)c3c2CCC3)C1.Cl. The third-order valence-corrected chi connectivity index (χ3v) is 5.25. The summed E-state index contributed by atoms with van der Waals surface area (Å²) in [4.78, 5) is 15.1. The first kappa shape index (κ1) is 18.0. The number of carbonyl (C=O) groups excluding carboxylic acids is 1. The average molecular weight is 361 g/mol. The number of para-hydroxylation sites is 1. The molecule has 25 heavy (non-hydrogen) atoms. The van der Waals surface area contributed by atoms with Gasteiger partial charge in [0, 0.05) is 30.4 Å². The van der Waals surface area contributed by atoms with Crippen molar-refractivity contribution in [3.05, 3.63) is 47.3 Å². The number of hydrogen-bond acceptors (Lipinski definition) is 3. The second-order valence-corrected chi connectivity index (χ2v) is 6.75. The molecule has 1 N–H and O–H groups in total. The molecule has 1 amide bonds. The zero-order valence-electron chi connectivity index (χ0n) is 14.6. The van der Waals surface area contributed by atoms with Crippen LogP contribution in [-0.4, -0.2) is 46.8 Å². The van der Waals surface area contributed by atoms with E-state index in [4.69, 9.17) is 5.10 Å². The van der Waals surface area contributed by atoms with Crippen LogP contribution in [0.5, 0.6) is 0 Å². The van der Waals surface area contributed by atoms with E-state index >= 15 is 0 Å². The number of hydrogen-bond donors (Lipinski definition) is 1. The highest BCUT2D eigenvalue weighted by Crippen LogP contribution is 2.29. The number of likely N-dealkylation sites (tertiary alicyclic amines) is 1. The maximum Gasteiger partial charge on any atom is 0.274 e. The molecule has 1 aliphatic heterocycles. The van der Waals surface area contributed by atoms with Crippen LogP contribution in [0.2, 0.25) is 0 Å². The molecular formula is C19H25ClN4O. The van der Waals surface area contributed by atoms with Crippen LogP contribution in [0.3, 0.4) is 0 Å². The molecule has 1 unspecified atom stereocenters. The van der Waals surface area contributed by atoms with Crippen LogP contribution in [0.15, 0.2) is 30.3 Å². The molecule has 0 saturated carbocycles. The van der Waals surface area contributed by atoms with Gasteiger partial charge in [0.2, 0.25) is 0 Å². The standard InChI is InChI=1S/C19H24N4O.ClH/c1-20-14-7-6-12-22(13-14)19(24)18-16-10-5-11-17(16)23(21-18)15-8-3-2-4-9-15;/h2-4,8-9,14,20H,5-7,10-13H2,1H3;1H. The predicted molar refractivity (Wildman–Crippen MR) is 101 cm³/mol. The Morgan fingerprint density at radius 3 is 2.76 bits per heavy atom. The van der Waals surface area contributed by atoms with Crippen LogP contribution in [0, 0.1) is 0 Å². The van der Waals surface area contributed by atoms with E-state index in [1.54, 1.807) is 0 Å². The zero-order valence-corrected chi connectivity index (χ0v) is 15.4. The minimum atomic E-state index is 0. The molecule has 6 heteroatoms. The van der Waals surface area contributed by atoms with Gasteiger partial charge < -0.3 is 10.2 Å². The van der Waals surface area contributed by atoms with Crippen LogP contribution >= 0.6 is 12.4 Å². The van der Waals surface area contributed by atoms with Gasteiger partial charge in [-0.25, -0.2) is 4.68 Å². The molecule has 2 aliphatic rings. The largest absolute Gasteiger partial charge is 0.336 e. The summed E-state index contributed by atoms with van der Waals surface area (Å²) < 4.78 is 1.98. The van der Waals surface area contributed by atoms with Gasteiger partial charge in [0.05, 0.1) is 5.69 Å². The lowest BCUT2D eigenvalue weighted by Crippen LogP contribution is -2.47. The van der Waals surface area contributed by atoms with Crippen molar-refractivity contribution in [2.45, 2.75) is 38.1 Å². The van der Waals surface area contributed by atoms with Crippen LogP contribution in [0.25, 0.3) is 5.69 Å². The van der Waals surface area contributed by atoms with Gasteiger partial charge in [-0.3, -0.25) is 4.79 Å². The van der Waals surface area contributed by atoms with E-state index in [9.17, 15) is 4.79 Å². The van der Waals surface area contributed by atoms with Crippen molar-refractivity contribution < 1.29 is 4.79 Å².